The van der Waals surface area contributed by atoms with Gasteiger partial charge in [0.05, 0.1) is 5.92 Å². The third-order valence-corrected chi connectivity index (χ3v) is 3.90. The number of hydrogen-bond donors (Lipinski definition) is 1. The number of hydrogen-bond acceptors (Lipinski definition) is 3. The first kappa shape index (κ1) is 15.8. The second kappa shape index (κ2) is 7.41. The molecule has 0 radical (unpaired) electrons. The van der Waals surface area contributed by atoms with E-state index in [-0.39, 0.29) is 17.8 Å². The predicted molar refractivity (Wildman–Crippen MR) is 84.8 cm³/mol. The van der Waals surface area contributed by atoms with Gasteiger partial charge in [0.1, 0.15) is 0 Å². The molecule has 0 unspecified atom stereocenters. The molecule has 4 nitrogen and oxygen atoms in total. The minimum atomic E-state index is -0.799. The van der Waals surface area contributed by atoms with Gasteiger partial charge in [0, 0.05) is 10.2 Å². The average molecular weight is 352 g/mol. The molecule has 1 aliphatic rings. The quantitative estimate of drug-likeness (QED) is 0.664. The largest absolute Gasteiger partial charge is 0.452 e. The van der Waals surface area contributed by atoms with E-state index in [2.05, 4.69) is 27.3 Å². The van der Waals surface area contributed by atoms with E-state index in [1.807, 2.05) is 18.2 Å². The van der Waals surface area contributed by atoms with Gasteiger partial charge in [-0.25, -0.2) is 0 Å². The summed E-state index contributed by atoms with van der Waals surface area (Å²) in [6.45, 7) is 1.59. The Kier molecular flexibility index (Phi) is 5.56. The van der Waals surface area contributed by atoms with Crippen LogP contribution in [-0.4, -0.2) is 18.0 Å². The van der Waals surface area contributed by atoms with E-state index in [0.717, 1.165) is 17.3 Å². The number of allylic oxidation sites excluding steroid dienone is 2. The number of halogens is 1. The van der Waals surface area contributed by atoms with Crippen molar-refractivity contribution >= 4 is 33.5 Å². The van der Waals surface area contributed by atoms with E-state index in [0.29, 0.717) is 12.1 Å². The Morgan fingerprint density at radius 1 is 1.29 bits per heavy atom. The Balaban J connectivity index is 1.85. The van der Waals surface area contributed by atoms with Crippen LogP contribution in [0.3, 0.4) is 0 Å². The summed E-state index contributed by atoms with van der Waals surface area (Å²) in [7, 11) is 0. The fourth-order valence-electron chi connectivity index (χ4n) is 2.11. The van der Waals surface area contributed by atoms with Crippen molar-refractivity contribution in [2.45, 2.75) is 32.3 Å². The molecule has 0 saturated carbocycles. The van der Waals surface area contributed by atoms with Gasteiger partial charge in [0.2, 0.25) is 0 Å². The molecule has 0 bridgehead atoms. The highest BCUT2D eigenvalue weighted by atomic mass is 79.9. The number of amides is 1. The zero-order valence-corrected chi connectivity index (χ0v) is 13.4. The lowest BCUT2D eigenvalue weighted by molar-refractivity contribution is -0.157. The topological polar surface area (TPSA) is 55.4 Å². The molecule has 2 rings (SSSR count). The molecule has 0 spiro atoms. The Labute approximate surface area is 132 Å². The molecular weight excluding hydrogens is 334 g/mol. The van der Waals surface area contributed by atoms with Crippen molar-refractivity contribution in [2.75, 3.05) is 5.32 Å². The Hall–Kier alpha value is -1.62. The second-order valence-corrected chi connectivity index (χ2v) is 5.97. The maximum atomic E-state index is 12.0. The van der Waals surface area contributed by atoms with Crippen LogP contribution >= 0.6 is 15.9 Å². The van der Waals surface area contributed by atoms with Gasteiger partial charge in [-0.15, -0.1) is 0 Å². The minimum absolute atomic E-state index is 0.127. The summed E-state index contributed by atoms with van der Waals surface area (Å²) in [6, 6.07) is 7.23. The highest BCUT2D eigenvalue weighted by molar-refractivity contribution is 9.10. The number of esters is 1. The first-order valence-corrected chi connectivity index (χ1v) is 7.77. The van der Waals surface area contributed by atoms with Crippen molar-refractivity contribution in [1.29, 1.82) is 0 Å². The van der Waals surface area contributed by atoms with Crippen molar-refractivity contribution in [3.05, 3.63) is 40.9 Å². The highest BCUT2D eigenvalue weighted by Crippen LogP contribution is 2.20. The number of carbonyl (C=O) groups excluding carboxylic acids is 2. The third kappa shape index (κ3) is 4.70. The van der Waals surface area contributed by atoms with Crippen LogP contribution in [-0.2, 0) is 14.3 Å². The fourth-order valence-corrected chi connectivity index (χ4v) is 2.37. The maximum Gasteiger partial charge on any atom is 0.310 e. The number of anilines is 1. The molecule has 1 N–H and O–H groups in total. The van der Waals surface area contributed by atoms with E-state index < -0.39 is 6.10 Å². The van der Waals surface area contributed by atoms with Crippen LogP contribution in [0.1, 0.15) is 26.2 Å². The van der Waals surface area contributed by atoms with Gasteiger partial charge in [-0.3, -0.25) is 9.59 Å². The first-order chi connectivity index (χ1) is 10.1. The van der Waals surface area contributed by atoms with Crippen LogP contribution in [0, 0.1) is 5.92 Å². The lowest BCUT2D eigenvalue weighted by Crippen LogP contribution is -2.32. The summed E-state index contributed by atoms with van der Waals surface area (Å²) < 4.78 is 6.19. The number of rotatable bonds is 4. The number of ether oxygens (including phenoxy) is 1. The van der Waals surface area contributed by atoms with Crippen LogP contribution in [0.25, 0.3) is 0 Å². The number of benzene rings is 1. The fraction of sp³-hybridized carbons (Fsp3) is 0.375. The summed E-state index contributed by atoms with van der Waals surface area (Å²) in [4.78, 5) is 24.0. The molecule has 1 aliphatic carbocycles. The summed E-state index contributed by atoms with van der Waals surface area (Å²) in [5.41, 5.74) is 0.673. The molecule has 0 saturated heterocycles. The van der Waals surface area contributed by atoms with Gasteiger partial charge >= 0.3 is 5.97 Å². The highest BCUT2D eigenvalue weighted by Gasteiger charge is 2.24. The van der Waals surface area contributed by atoms with Gasteiger partial charge < -0.3 is 10.1 Å². The Morgan fingerprint density at radius 2 is 2.00 bits per heavy atom. The lowest BCUT2D eigenvalue weighted by Gasteiger charge is -2.19. The van der Waals surface area contributed by atoms with Gasteiger partial charge in [-0.05, 0) is 50.5 Å². The van der Waals surface area contributed by atoms with E-state index in [9.17, 15) is 9.59 Å². The molecule has 1 aromatic carbocycles. The zero-order chi connectivity index (χ0) is 15.2. The van der Waals surface area contributed by atoms with Crippen molar-refractivity contribution in [3.63, 3.8) is 0 Å². The van der Waals surface area contributed by atoms with Gasteiger partial charge in [-0.2, -0.15) is 0 Å². The second-order valence-electron chi connectivity index (χ2n) is 5.06. The molecule has 2 atom stereocenters. The van der Waals surface area contributed by atoms with Crippen molar-refractivity contribution in [1.82, 2.24) is 0 Å². The molecule has 0 heterocycles. The average Bonchev–Trinajstić information content (AvgIpc) is 2.50. The van der Waals surface area contributed by atoms with Crippen LogP contribution in [0.5, 0.6) is 0 Å². The molecule has 112 valence electrons. The lowest BCUT2D eigenvalue weighted by atomic mass is 9.95. The third-order valence-electron chi connectivity index (χ3n) is 3.38. The standard InChI is InChI=1S/C16H18BrNO3/c1-11(21-16(20)12-5-3-2-4-6-12)15(19)18-14-9-7-13(17)8-10-14/h2-3,7-12H,4-6H2,1H3,(H,18,19)/t11-,12+/m0/s1. The molecule has 0 aromatic heterocycles. The number of nitrogens with one attached hydrogen (secondary N) is 1. The van der Waals surface area contributed by atoms with Gasteiger partial charge in [0.25, 0.3) is 5.91 Å². The van der Waals surface area contributed by atoms with Crippen molar-refractivity contribution < 1.29 is 14.3 Å². The van der Waals surface area contributed by atoms with Crippen LogP contribution in [0.15, 0.2) is 40.9 Å². The summed E-state index contributed by atoms with van der Waals surface area (Å²) in [5, 5.41) is 2.73. The van der Waals surface area contributed by atoms with E-state index >= 15 is 0 Å². The molecule has 5 heteroatoms. The normalized spacial score (nSPS) is 18.9. The van der Waals surface area contributed by atoms with Crippen molar-refractivity contribution in [3.8, 4) is 0 Å². The summed E-state index contributed by atoms with van der Waals surface area (Å²) in [6.07, 6.45) is 5.62. The smallest absolute Gasteiger partial charge is 0.310 e. The monoisotopic (exact) mass is 351 g/mol. The summed E-state index contributed by atoms with van der Waals surface area (Å²) >= 11 is 3.33. The SMILES string of the molecule is C[C@H](OC(=O)[C@@H]1CC=CCC1)C(=O)Nc1ccc(Br)cc1. The molecule has 1 amide bonds. The first-order valence-electron chi connectivity index (χ1n) is 6.98. The molecular formula is C16H18BrNO3. The van der Waals surface area contributed by atoms with Crippen LogP contribution in [0.4, 0.5) is 5.69 Å². The van der Waals surface area contributed by atoms with E-state index in [4.69, 9.17) is 4.74 Å². The van der Waals surface area contributed by atoms with Gasteiger partial charge in [-0.1, -0.05) is 28.1 Å². The predicted octanol–water partition coefficient (Wildman–Crippen LogP) is 3.68. The van der Waals surface area contributed by atoms with Crippen LogP contribution in [0.2, 0.25) is 0 Å². The zero-order valence-electron chi connectivity index (χ0n) is 11.8. The number of carbonyl (C=O) groups is 2. The molecule has 21 heavy (non-hydrogen) atoms. The Bertz CT molecular complexity index is 539. The maximum absolute atomic E-state index is 12.0. The van der Waals surface area contributed by atoms with E-state index in [1.165, 1.54) is 0 Å². The van der Waals surface area contributed by atoms with Gasteiger partial charge in [0.15, 0.2) is 6.10 Å². The van der Waals surface area contributed by atoms with Crippen LogP contribution < -0.4 is 5.32 Å². The molecule has 0 aliphatic heterocycles. The minimum Gasteiger partial charge on any atom is -0.452 e. The molecule has 0 fully saturated rings. The molecule has 1 aromatic rings. The summed E-state index contributed by atoms with van der Waals surface area (Å²) in [5.74, 6) is -0.743. The Morgan fingerprint density at radius 3 is 2.62 bits per heavy atom. The van der Waals surface area contributed by atoms with E-state index in [1.54, 1.807) is 19.1 Å². The van der Waals surface area contributed by atoms with Crippen molar-refractivity contribution in [2.24, 2.45) is 5.92 Å².